The number of hydrogen-bond donors (Lipinski definition) is 2. The Bertz CT molecular complexity index is 369. The van der Waals surface area contributed by atoms with Gasteiger partial charge in [-0.1, -0.05) is 0 Å². The summed E-state index contributed by atoms with van der Waals surface area (Å²) in [7, 11) is 0. The van der Waals surface area contributed by atoms with Crippen molar-refractivity contribution in [2.75, 3.05) is 13.2 Å². The van der Waals surface area contributed by atoms with Crippen LogP contribution in [0.5, 0.6) is 0 Å². The van der Waals surface area contributed by atoms with Crippen molar-refractivity contribution in [3.63, 3.8) is 0 Å². The minimum absolute atomic E-state index is 0.0568. The van der Waals surface area contributed by atoms with Crippen LogP contribution in [-0.2, 0) is 28.7 Å². The molecular formula is C11H12O8. The highest BCUT2D eigenvalue weighted by Gasteiger charge is 2.00. The van der Waals surface area contributed by atoms with E-state index in [1.807, 2.05) is 0 Å². The van der Waals surface area contributed by atoms with E-state index in [0.29, 0.717) is 12.2 Å². The molecule has 0 radical (unpaired) electrons. The Balaban J connectivity index is 3.65. The highest BCUT2D eigenvalue weighted by atomic mass is 16.5. The Morgan fingerprint density at radius 1 is 0.737 bits per heavy atom. The molecule has 0 aromatic rings. The summed E-state index contributed by atoms with van der Waals surface area (Å²) in [6.07, 6.45) is 2.99. The average molecular weight is 272 g/mol. The first-order valence-electron chi connectivity index (χ1n) is 5.07. The molecule has 8 heteroatoms. The molecular weight excluding hydrogens is 260 g/mol. The first-order chi connectivity index (χ1) is 8.91. The van der Waals surface area contributed by atoms with Crippen molar-refractivity contribution in [2.24, 2.45) is 0 Å². The molecule has 0 aromatic carbocycles. The minimum atomic E-state index is -1.27. The smallest absolute Gasteiger partial charge is 0.331 e. The molecule has 0 aromatic heterocycles. The second-order valence-electron chi connectivity index (χ2n) is 3.03. The molecule has 8 nitrogen and oxygen atoms in total. The van der Waals surface area contributed by atoms with Crippen LogP contribution in [0.3, 0.4) is 0 Å². The summed E-state index contributed by atoms with van der Waals surface area (Å²) < 4.78 is 9.16. The van der Waals surface area contributed by atoms with E-state index in [-0.39, 0.29) is 19.6 Å². The fourth-order valence-electron chi connectivity index (χ4n) is 0.779. The van der Waals surface area contributed by atoms with Gasteiger partial charge in [-0.2, -0.15) is 0 Å². The Labute approximate surface area is 107 Å². The summed E-state index contributed by atoms with van der Waals surface area (Å²) >= 11 is 0. The molecule has 0 spiro atoms. The van der Waals surface area contributed by atoms with Crippen molar-refractivity contribution in [2.45, 2.75) is 6.42 Å². The maximum Gasteiger partial charge on any atom is 0.331 e. The van der Waals surface area contributed by atoms with Crippen molar-refractivity contribution >= 4 is 23.9 Å². The summed E-state index contributed by atoms with van der Waals surface area (Å²) in [5.41, 5.74) is 0. The summed E-state index contributed by atoms with van der Waals surface area (Å²) in [4.78, 5) is 41.9. The number of carboxylic acid groups (broad SMARTS) is 2. The standard InChI is InChI=1S/C11H12O8/c12-8(13)2-4-10(16)18-6-1-7-19-11(17)5-3-9(14)15/h2-5H,1,6-7H2,(H,12,13)(H,14,15). The van der Waals surface area contributed by atoms with E-state index in [9.17, 15) is 19.2 Å². The number of carbonyl (C=O) groups excluding carboxylic acids is 2. The van der Waals surface area contributed by atoms with Gasteiger partial charge in [0.1, 0.15) is 0 Å². The van der Waals surface area contributed by atoms with Gasteiger partial charge in [0.2, 0.25) is 0 Å². The van der Waals surface area contributed by atoms with Gasteiger partial charge in [-0.15, -0.1) is 0 Å². The van der Waals surface area contributed by atoms with Crippen molar-refractivity contribution in [1.29, 1.82) is 0 Å². The van der Waals surface area contributed by atoms with Crippen LogP contribution in [0.25, 0.3) is 0 Å². The first-order valence-corrected chi connectivity index (χ1v) is 5.07. The molecule has 0 heterocycles. The maximum absolute atomic E-state index is 10.9. The van der Waals surface area contributed by atoms with Crippen LogP contribution in [0, 0.1) is 0 Å². The lowest BCUT2D eigenvalue weighted by Crippen LogP contribution is -2.08. The molecule has 0 rings (SSSR count). The van der Waals surface area contributed by atoms with Crippen LogP contribution in [-0.4, -0.2) is 47.3 Å². The molecule has 0 amide bonds. The van der Waals surface area contributed by atoms with E-state index >= 15 is 0 Å². The molecule has 0 bridgehead atoms. The number of hydrogen-bond acceptors (Lipinski definition) is 6. The fourth-order valence-corrected chi connectivity index (χ4v) is 0.779. The lowest BCUT2D eigenvalue weighted by molar-refractivity contribution is -0.141. The number of rotatable bonds is 8. The minimum Gasteiger partial charge on any atom is -0.478 e. The SMILES string of the molecule is O=C(O)C=CC(=O)OCCCOC(=O)C=CC(=O)O. The van der Waals surface area contributed by atoms with E-state index in [0.717, 1.165) is 12.2 Å². The van der Waals surface area contributed by atoms with Gasteiger partial charge in [-0.05, 0) is 0 Å². The van der Waals surface area contributed by atoms with Gasteiger partial charge in [0, 0.05) is 30.7 Å². The van der Waals surface area contributed by atoms with Gasteiger partial charge < -0.3 is 19.7 Å². The average Bonchev–Trinajstić information content (AvgIpc) is 2.33. The Morgan fingerprint density at radius 3 is 1.42 bits per heavy atom. The van der Waals surface area contributed by atoms with Gasteiger partial charge >= 0.3 is 23.9 Å². The number of carbonyl (C=O) groups is 4. The van der Waals surface area contributed by atoms with E-state index in [2.05, 4.69) is 9.47 Å². The van der Waals surface area contributed by atoms with Crippen LogP contribution < -0.4 is 0 Å². The second kappa shape index (κ2) is 9.40. The number of aliphatic carboxylic acids is 2. The van der Waals surface area contributed by atoms with Crippen molar-refractivity contribution in [3.8, 4) is 0 Å². The Kier molecular flexibility index (Phi) is 8.09. The highest BCUT2D eigenvalue weighted by molar-refractivity contribution is 5.91. The number of carboxylic acids is 2. The van der Waals surface area contributed by atoms with E-state index in [4.69, 9.17) is 10.2 Å². The van der Waals surface area contributed by atoms with Gasteiger partial charge in [-0.3, -0.25) is 0 Å². The largest absolute Gasteiger partial charge is 0.478 e. The first kappa shape index (κ1) is 16.4. The third-order valence-electron chi connectivity index (χ3n) is 1.50. The highest BCUT2D eigenvalue weighted by Crippen LogP contribution is 1.90. The zero-order valence-electron chi connectivity index (χ0n) is 9.77. The van der Waals surface area contributed by atoms with E-state index in [1.165, 1.54) is 0 Å². The Hall–Kier alpha value is -2.64. The normalized spacial score (nSPS) is 10.5. The molecule has 0 unspecified atom stereocenters. The lowest BCUT2D eigenvalue weighted by Gasteiger charge is -2.02. The third kappa shape index (κ3) is 11.6. The molecule has 19 heavy (non-hydrogen) atoms. The van der Waals surface area contributed by atoms with Gasteiger partial charge in [0.15, 0.2) is 0 Å². The van der Waals surface area contributed by atoms with Crippen molar-refractivity contribution < 1.29 is 38.9 Å². The summed E-state index contributed by atoms with van der Waals surface area (Å²) in [6, 6.07) is 0. The molecule has 0 aliphatic carbocycles. The predicted octanol–water partition coefficient (Wildman–Crippen LogP) is -0.256. The summed E-state index contributed by atoms with van der Waals surface area (Å²) in [5, 5.41) is 16.4. The zero-order valence-corrected chi connectivity index (χ0v) is 9.77. The molecule has 2 N–H and O–H groups in total. The molecule has 0 aliphatic heterocycles. The van der Waals surface area contributed by atoms with Crippen molar-refractivity contribution in [1.82, 2.24) is 0 Å². The molecule has 0 aliphatic rings. The number of ether oxygens (including phenoxy) is 2. The molecule has 0 fully saturated rings. The summed E-state index contributed by atoms with van der Waals surface area (Å²) in [6.45, 7) is -0.114. The van der Waals surface area contributed by atoms with Crippen molar-refractivity contribution in [3.05, 3.63) is 24.3 Å². The van der Waals surface area contributed by atoms with Gasteiger partial charge in [-0.25, -0.2) is 19.2 Å². The number of esters is 2. The topological polar surface area (TPSA) is 127 Å². The lowest BCUT2D eigenvalue weighted by atomic mass is 10.4. The van der Waals surface area contributed by atoms with Crippen LogP contribution in [0.1, 0.15) is 6.42 Å². The van der Waals surface area contributed by atoms with Gasteiger partial charge in [0.05, 0.1) is 13.2 Å². The Morgan fingerprint density at radius 2 is 1.11 bits per heavy atom. The fraction of sp³-hybridized carbons (Fsp3) is 0.273. The summed E-state index contributed by atoms with van der Waals surface area (Å²) in [5.74, 6) is -4.17. The molecule has 0 atom stereocenters. The maximum atomic E-state index is 10.9. The van der Waals surface area contributed by atoms with Crippen LogP contribution in [0.4, 0.5) is 0 Å². The third-order valence-corrected chi connectivity index (χ3v) is 1.50. The zero-order chi connectivity index (χ0) is 14.7. The van der Waals surface area contributed by atoms with Gasteiger partial charge in [0.25, 0.3) is 0 Å². The quantitative estimate of drug-likeness (QED) is 0.351. The van der Waals surface area contributed by atoms with E-state index in [1.54, 1.807) is 0 Å². The van der Waals surface area contributed by atoms with Crippen LogP contribution >= 0.6 is 0 Å². The van der Waals surface area contributed by atoms with Crippen LogP contribution in [0.15, 0.2) is 24.3 Å². The predicted molar refractivity (Wildman–Crippen MR) is 60.1 cm³/mol. The monoisotopic (exact) mass is 272 g/mol. The van der Waals surface area contributed by atoms with Crippen LogP contribution in [0.2, 0.25) is 0 Å². The molecule has 0 saturated heterocycles. The second-order valence-corrected chi connectivity index (χ2v) is 3.03. The van der Waals surface area contributed by atoms with E-state index < -0.39 is 23.9 Å². The molecule has 0 saturated carbocycles. The molecule has 104 valence electrons.